The molecule has 0 bridgehead atoms. The first-order valence-electron chi connectivity index (χ1n) is 5.97. The number of rotatable bonds is 4. The summed E-state index contributed by atoms with van der Waals surface area (Å²) in [6.07, 6.45) is 4.66. The molecule has 2 heteroatoms. The second-order valence-corrected chi connectivity index (χ2v) is 4.56. The molecular formula is C14H16N2. The van der Waals surface area contributed by atoms with Gasteiger partial charge in [-0.2, -0.15) is 0 Å². The van der Waals surface area contributed by atoms with E-state index in [1.807, 2.05) is 12.3 Å². The topological polar surface area (TPSA) is 24.9 Å². The third kappa shape index (κ3) is 2.07. The molecule has 0 radical (unpaired) electrons. The van der Waals surface area contributed by atoms with Crippen molar-refractivity contribution >= 4 is 10.9 Å². The van der Waals surface area contributed by atoms with Crippen LogP contribution in [0.2, 0.25) is 0 Å². The van der Waals surface area contributed by atoms with E-state index in [-0.39, 0.29) is 0 Å². The minimum atomic E-state index is 0.938. The highest BCUT2D eigenvalue weighted by Crippen LogP contribution is 2.27. The summed E-state index contributed by atoms with van der Waals surface area (Å²) in [6.45, 7) is 2.12. The summed E-state index contributed by atoms with van der Waals surface area (Å²) in [4.78, 5) is 4.37. The van der Waals surface area contributed by atoms with Crippen LogP contribution >= 0.6 is 0 Å². The second kappa shape index (κ2) is 4.22. The molecule has 0 aliphatic heterocycles. The molecule has 0 spiro atoms. The first-order valence-corrected chi connectivity index (χ1v) is 5.97. The predicted octanol–water partition coefficient (Wildman–Crippen LogP) is 2.73. The number of aromatic nitrogens is 1. The molecule has 0 atom stereocenters. The van der Waals surface area contributed by atoms with Gasteiger partial charge in [-0.25, -0.2) is 0 Å². The molecule has 0 unspecified atom stereocenters. The smallest absolute Gasteiger partial charge is 0.0705 e. The van der Waals surface area contributed by atoms with Crippen LogP contribution in [-0.2, 0) is 6.54 Å². The largest absolute Gasteiger partial charge is 0.312 e. The molecule has 1 aliphatic rings. The van der Waals surface area contributed by atoms with Crippen molar-refractivity contribution in [1.29, 1.82) is 0 Å². The molecule has 3 rings (SSSR count). The minimum absolute atomic E-state index is 0.938. The fourth-order valence-corrected chi connectivity index (χ4v) is 2.05. The summed E-state index contributed by atoms with van der Waals surface area (Å²) in [5.41, 5.74) is 2.44. The minimum Gasteiger partial charge on any atom is -0.312 e. The van der Waals surface area contributed by atoms with Crippen LogP contribution in [0.1, 0.15) is 18.4 Å². The quantitative estimate of drug-likeness (QED) is 0.843. The molecule has 82 valence electrons. The molecule has 2 nitrogen and oxygen atoms in total. The van der Waals surface area contributed by atoms with Crippen LogP contribution in [-0.4, -0.2) is 11.5 Å². The monoisotopic (exact) mass is 212 g/mol. The Bertz CT molecular complexity index is 484. The zero-order chi connectivity index (χ0) is 10.8. The number of hydrogen-bond acceptors (Lipinski definition) is 2. The standard InChI is InChI=1S/C14H16N2/c1-3-12(10-15-9-11-6-7-11)13-4-2-8-16-14(13)5-1/h1-5,8,11,15H,6-7,9-10H2. The van der Waals surface area contributed by atoms with E-state index in [0.717, 1.165) is 24.5 Å². The molecular weight excluding hydrogens is 196 g/mol. The number of hydrogen-bond donors (Lipinski definition) is 1. The van der Waals surface area contributed by atoms with Crippen molar-refractivity contribution < 1.29 is 0 Å². The first-order chi connectivity index (χ1) is 7.93. The van der Waals surface area contributed by atoms with Gasteiger partial charge in [0.05, 0.1) is 5.52 Å². The zero-order valence-corrected chi connectivity index (χ0v) is 9.32. The summed E-state index contributed by atoms with van der Waals surface area (Å²) in [5.74, 6) is 0.938. The lowest BCUT2D eigenvalue weighted by atomic mass is 10.1. The molecule has 1 aromatic carbocycles. The van der Waals surface area contributed by atoms with Gasteiger partial charge < -0.3 is 5.32 Å². The van der Waals surface area contributed by atoms with Gasteiger partial charge in [-0.1, -0.05) is 18.2 Å². The Morgan fingerprint density at radius 2 is 2.12 bits per heavy atom. The van der Waals surface area contributed by atoms with Gasteiger partial charge in [-0.15, -0.1) is 0 Å². The third-order valence-electron chi connectivity index (χ3n) is 3.18. The Morgan fingerprint density at radius 3 is 3.00 bits per heavy atom. The van der Waals surface area contributed by atoms with Crippen molar-refractivity contribution in [3.05, 3.63) is 42.1 Å². The number of benzene rings is 1. The molecule has 1 N–H and O–H groups in total. The van der Waals surface area contributed by atoms with Crippen molar-refractivity contribution in [2.45, 2.75) is 19.4 Å². The second-order valence-electron chi connectivity index (χ2n) is 4.56. The van der Waals surface area contributed by atoms with Crippen LogP contribution < -0.4 is 5.32 Å². The van der Waals surface area contributed by atoms with Crippen LogP contribution in [0, 0.1) is 5.92 Å². The lowest BCUT2D eigenvalue weighted by molar-refractivity contribution is 0.641. The fraction of sp³-hybridized carbons (Fsp3) is 0.357. The van der Waals surface area contributed by atoms with Crippen LogP contribution in [0.4, 0.5) is 0 Å². The van der Waals surface area contributed by atoms with E-state index in [4.69, 9.17) is 0 Å². The van der Waals surface area contributed by atoms with Crippen LogP contribution in [0.3, 0.4) is 0 Å². The predicted molar refractivity (Wildman–Crippen MR) is 66.2 cm³/mol. The van der Waals surface area contributed by atoms with Crippen LogP contribution in [0.15, 0.2) is 36.5 Å². The van der Waals surface area contributed by atoms with Gasteiger partial charge in [-0.05, 0) is 43.0 Å². The third-order valence-corrected chi connectivity index (χ3v) is 3.18. The van der Waals surface area contributed by atoms with Crippen LogP contribution in [0.25, 0.3) is 10.9 Å². The van der Waals surface area contributed by atoms with Gasteiger partial charge >= 0.3 is 0 Å². The Kier molecular flexibility index (Phi) is 2.58. The van der Waals surface area contributed by atoms with Gasteiger partial charge in [0.15, 0.2) is 0 Å². The van der Waals surface area contributed by atoms with Gasteiger partial charge in [0.25, 0.3) is 0 Å². The summed E-state index contributed by atoms with van der Waals surface area (Å²) in [5, 5.41) is 4.80. The van der Waals surface area contributed by atoms with Crippen molar-refractivity contribution in [3.63, 3.8) is 0 Å². The number of nitrogens with one attached hydrogen (secondary N) is 1. The van der Waals surface area contributed by atoms with E-state index in [2.05, 4.69) is 34.6 Å². The molecule has 1 aliphatic carbocycles. The van der Waals surface area contributed by atoms with Crippen molar-refractivity contribution in [1.82, 2.24) is 10.3 Å². The van der Waals surface area contributed by atoms with Gasteiger partial charge in [0.1, 0.15) is 0 Å². The van der Waals surface area contributed by atoms with E-state index >= 15 is 0 Å². The lowest BCUT2D eigenvalue weighted by Gasteiger charge is -2.07. The summed E-state index contributed by atoms with van der Waals surface area (Å²) in [6, 6.07) is 10.5. The Labute approximate surface area is 95.7 Å². The van der Waals surface area contributed by atoms with Crippen molar-refractivity contribution in [2.24, 2.45) is 5.92 Å². The Morgan fingerprint density at radius 1 is 1.19 bits per heavy atom. The molecule has 2 aromatic rings. The number of nitrogens with zero attached hydrogens (tertiary/aromatic N) is 1. The van der Waals surface area contributed by atoms with E-state index in [1.165, 1.54) is 23.8 Å². The molecule has 1 saturated carbocycles. The van der Waals surface area contributed by atoms with E-state index < -0.39 is 0 Å². The lowest BCUT2D eigenvalue weighted by Crippen LogP contribution is -2.16. The average Bonchev–Trinajstić information content (AvgIpc) is 3.13. The molecule has 0 saturated heterocycles. The molecule has 0 amide bonds. The maximum Gasteiger partial charge on any atom is 0.0705 e. The SMILES string of the molecule is c1cc(CNCC2CC2)c2cccnc2c1. The molecule has 1 aromatic heterocycles. The number of fused-ring (bicyclic) bond motifs is 1. The fourth-order valence-electron chi connectivity index (χ4n) is 2.05. The molecule has 16 heavy (non-hydrogen) atoms. The van der Waals surface area contributed by atoms with E-state index in [1.54, 1.807) is 0 Å². The van der Waals surface area contributed by atoms with Gasteiger partial charge in [0.2, 0.25) is 0 Å². The van der Waals surface area contributed by atoms with Crippen LogP contribution in [0.5, 0.6) is 0 Å². The normalized spacial score (nSPS) is 15.5. The average molecular weight is 212 g/mol. The Hall–Kier alpha value is -1.41. The van der Waals surface area contributed by atoms with Gasteiger partial charge in [0, 0.05) is 18.1 Å². The highest BCUT2D eigenvalue weighted by molar-refractivity contribution is 5.81. The van der Waals surface area contributed by atoms with Crippen molar-refractivity contribution in [3.8, 4) is 0 Å². The maximum absolute atomic E-state index is 4.37. The van der Waals surface area contributed by atoms with E-state index in [0.29, 0.717) is 0 Å². The summed E-state index contributed by atoms with van der Waals surface area (Å²) in [7, 11) is 0. The number of pyridine rings is 1. The highest BCUT2D eigenvalue weighted by atomic mass is 14.9. The molecule has 1 heterocycles. The summed E-state index contributed by atoms with van der Waals surface area (Å²) >= 11 is 0. The van der Waals surface area contributed by atoms with Crippen molar-refractivity contribution in [2.75, 3.05) is 6.54 Å². The zero-order valence-electron chi connectivity index (χ0n) is 9.32. The van der Waals surface area contributed by atoms with E-state index in [9.17, 15) is 0 Å². The maximum atomic E-state index is 4.37. The molecule has 1 fully saturated rings. The summed E-state index contributed by atoms with van der Waals surface area (Å²) < 4.78 is 0. The highest BCUT2D eigenvalue weighted by Gasteiger charge is 2.20. The van der Waals surface area contributed by atoms with Gasteiger partial charge in [-0.3, -0.25) is 4.98 Å². The first kappa shape index (κ1) is 9.79. The Balaban J connectivity index is 1.79.